The quantitative estimate of drug-likeness (QED) is 0.748. The Balaban J connectivity index is 2.65. The van der Waals surface area contributed by atoms with Gasteiger partial charge in [-0.25, -0.2) is 9.36 Å². The number of fused-ring (bicyclic) bond motifs is 1. The number of nitrogens with zero attached hydrogens (tertiary/aromatic N) is 1. The lowest BCUT2D eigenvalue weighted by molar-refractivity contribution is 0.0903. The summed E-state index contributed by atoms with van der Waals surface area (Å²) in [6.45, 7) is 1.90. The van der Waals surface area contributed by atoms with Crippen molar-refractivity contribution in [2.75, 3.05) is 5.73 Å². The van der Waals surface area contributed by atoms with Crippen LogP contribution in [0.1, 0.15) is 24.6 Å². The summed E-state index contributed by atoms with van der Waals surface area (Å²) in [4.78, 5) is 26.0. The number of rotatable bonds is 2. The molecule has 0 radical (unpaired) electrons. The summed E-state index contributed by atoms with van der Waals surface area (Å²) in [7, 11) is 0. The molecule has 0 atom stereocenters. The van der Waals surface area contributed by atoms with Crippen molar-refractivity contribution < 1.29 is 4.79 Å². The van der Waals surface area contributed by atoms with Crippen molar-refractivity contribution in [2.24, 2.45) is 0 Å². The number of nitrogens with one attached hydrogen (secondary N) is 1. The van der Waals surface area contributed by atoms with Crippen LogP contribution in [0.15, 0.2) is 23.0 Å². The number of hydrogen-bond donors (Lipinski definition) is 2. The minimum atomic E-state index is -0.404. The molecule has 0 saturated carbocycles. The van der Waals surface area contributed by atoms with E-state index in [0.29, 0.717) is 29.6 Å². The molecule has 0 amide bonds. The van der Waals surface area contributed by atoms with Gasteiger partial charge in [0.1, 0.15) is 0 Å². The van der Waals surface area contributed by atoms with Crippen LogP contribution in [0, 0.1) is 0 Å². The van der Waals surface area contributed by atoms with Crippen molar-refractivity contribution >= 4 is 22.6 Å². The normalized spacial score (nSPS) is 10.8. The van der Waals surface area contributed by atoms with Gasteiger partial charge < -0.3 is 10.7 Å². The van der Waals surface area contributed by atoms with E-state index in [1.54, 1.807) is 18.2 Å². The molecule has 2 rings (SSSR count). The number of hydrogen-bond acceptors (Lipinski definition) is 3. The summed E-state index contributed by atoms with van der Waals surface area (Å²) in [6.07, 6.45) is 1.07. The molecule has 0 aliphatic carbocycles. The van der Waals surface area contributed by atoms with E-state index in [4.69, 9.17) is 5.73 Å². The lowest BCUT2D eigenvalue weighted by Crippen LogP contribution is -2.23. The van der Waals surface area contributed by atoms with E-state index in [2.05, 4.69) is 4.98 Å². The van der Waals surface area contributed by atoms with Crippen LogP contribution in [0.25, 0.3) is 11.0 Å². The average molecular weight is 219 g/mol. The third-order valence-electron chi connectivity index (χ3n) is 2.42. The van der Waals surface area contributed by atoms with Gasteiger partial charge in [0.2, 0.25) is 5.91 Å². The third-order valence-corrected chi connectivity index (χ3v) is 2.42. The fourth-order valence-electron chi connectivity index (χ4n) is 1.70. The van der Waals surface area contributed by atoms with Gasteiger partial charge in [0, 0.05) is 12.1 Å². The number of imidazole rings is 1. The largest absolute Gasteiger partial charge is 0.399 e. The number of nitrogen functional groups attached to an aromatic ring is 1. The Morgan fingerprint density at radius 3 is 2.94 bits per heavy atom. The maximum Gasteiger partial charge on any atom is 0.333 e. The van der Waals surface area contributed by atoms with Crippen LogP contribution in [0.3, 0.4) is 0 Å². The molecule has 5 nitrogen and oxygen atoms in total. The van der Waals surface area contributed by atoms with E-state index in [1.165, 1.54) is 0 Å². The molecule has 0 spiro atoms. The van der Waals surface area contributed by atoms with Crippen LogP contribution < -0.4 is 11.4 Å². The van der Waals surface area contributed by atoms with Crippen LogP contribution in [0.5, 0.6) is 0 Å². The Hall–Kier alpha value is -2.04. The second-order valence-electron chi connectivity index (χ2n) is 3.69. The molecular formula is C11H13N3O2. The van der Waals surface area contributed by atoms with Gasteiger partial charge in [-0.05, 0) is 24.6 Å². The van der Waals surface area contributed by atoms with Crippen LogP contribution in [-0.4, -0.2) is 15.5 Å². The number of carbonyl (C=O) groups is 1. The third kappa shape index (κ3) is 1.60. The number of benzene rings is 1. The highest BCUT2D eigenvalue weighted by molar-refractivity contribution is 5.91. The van der Waals surface area contributed by atoms with Crippen molar-refractivity contribution in [1.82, 2.24) is 9.55 Å². The summed E-state index contributed by atoms with van der Waals surface area (Å²) < 4.78 is 1.16. The smallest absolute Gasteiger partial charge is 0.333 e. The van der Waals surface area contributed by atoms with Gasteiger partial charge >= 0.3 is 5.69 Å². The standard InChI is InChI=1S/C11H13N3O2/c1-2-3-10(15)14-9-5-4-7(12)6-8(9)13-11(14)16/h4-6H,2-3,12H2,1H3,(H,13,16). The zero-order valence-corrected chi connectivity index (χ0v) is 8.99. The lowest BCUT2D eigenvalue weighted by atomic mass is 10.2. The number of anilines is 1. The maximum absolute atomic E-state index is 11.7. The van der Waals surface area contributed by atoms with Crippen molar-refractivity contribution in [3.05, 3.63) is 28.7 Å². The summed E-state index contributed by atoms with van der Waals surface area (Å²) in [5.74, 6) is -0.191. The minimum Gasteiger partial charge on any atom is -0.399 e. The highest BCUT2D eigenvalue weighted by Crippen LogP contribution is 2.14. The molecule has 0 bridgehead atoms. The lowest BCUT2D eigenvalue weighted by Gasteiger charge is -2.00. The Labute approximate surface area is 91.9 Å². The first-order valence-electron chi connectivity index (χ1n) is 5.17. The van der Waals surface area contributed by atoms with Crippen molar-refractivity contribution in [2.45, 2.75) is 19.8 Å². The first-order chi connectivity index (χ1) is 7.63. The molecule has 5 heteroatoms. The molecule has 16 heavy (non-hydrogen) atoms. The van der Waals surface area contributed by atoms with Crippen molar-refractivity contribution in [3.63, 3.8) is 0 Å². The second-order valence-corrected chi connectivity index (χ2v) is 3.69. The minimum absolute atomic E-state index is 0.191. The van der Waals surface area contributed by atoms with Crippen LogP contribution in [0.4, 0.5) is 5.69 Å². The van der Waals surface area contributed by atoms with Gasteiger partial charge in [-0.1, -0.05) is 6.92 Å². The van der Waals surface area contributed by atoms with E-state index in [9.17, 15) is 9.59 Å². The van der Waals surface area contributed by atoms with E-state index in [1.807, 2.05) is 6.92 Å². The molecule has 1 heterocycles. The Bertz CT molecular complexity index is 595. The van der Waals surface area contributed by atoms with Gasteiger partial charge in [-0.2, -0.15) is 0 Å². The van der Waals surface area contributed by atoms with Gasteiger partial charge in [-0.15, -0.1) is 0 Å². The maximum atomic E-state index is 11.7. The molecule has 1 aromatic heterocycles. The first kappa shape index (κ1) is 10.5. The van der Waals surface area contributed by atoms with E-state index in [-0.39, 0.29) is 5.91 Å². The molecule has 0 unspecified atom stereocenters. The van der Waals surface area contributed by atoms with Crippen LogP contribution >= 0.6 is 0 Å². The summed E-state index contributed by atoms with van der Waals surface area (Å²) >= 11 is 0. The molecular weight excluding hydrogens is 206 g/mol. The predicted molar refractivity (Wildman–Crippen MR) is 62.5 cm³/mol. The summed E-state index contributed by atoms with van der Waals surface area (Å²) in [5.41, 5.74) is 6.93. The van der Waals surface area contributed by atoms with Gasteiger partial charge in [0.15, 0.2) is 0 Å². The number of carbonyl (C=O) groups excluding carboxylic acids is 1. The first-order valence-corrected chi connectivity index (χ1v) is 5.17. The molecule has 3 N–H and O–H groups in total. The van der Waals surface area contributed by atoms with Crippen LogP contribution in [-0.2, 0) is 0 Å². The molecule has 1 aromatic carbocycles. The van der Waals surface area contributed by atoms with E-state index >= 15 is 0 Å². The summed E-state index contributed by atoms with van der Waals surface area (Å²) in [5, 5.41) is 0. The number of nitrogens with two attached hydrogens (primary N) is 1. The number of aromatic amines is 1. The second kappa shape index (κ2) is 3.84. The van der Waals surface area contributed by atoms with Gasteiger partial charge in [0.25, 0.3) is 0 Å². The average Bonchev–Trinajstić information content (AvgIpc) is 2.53. The highest BCUT2D eigenvalue weighted by Gasteiger charge is 2.12. The Kier molecular flexibility index (Phi) is 2.52. The van der Waals surface area contributed by atoms with Crippen molar-refractivity contribution in [1.29, 1.82) is 0 Å². The fourth-order valence-corrected chi connectivity index (χ4v) is 1.70. The number of H-pyrrole nitrogens is 1. The van der Waals surface area contributed by atoms with Gasteiger partial charge in [0.05, 0.1) is 11.0 Å². The molecule has 0 fully saturated rings. The molecule has 2 aromatic rings. The van der Waals surface area contributed by atoms with Gasteiger partial charge in [-0.3, -0.25) is 4.79 Å². The Morgan fingerprint density at radius 2 is 2.25 bits per heavy atom. The monoisotopic (exact) mass is 219 g/mol. The van der Waals surface area contributed by atoms with Crippen molar-refractivity contribution in [3.8, 4) is 0 Å². The molecule has 0 saturated heterocycles. The topological polar surface area (TPSA) is 80.9 Å². The highest BCUT2D eigenvalue weighted by atomic mass is 16.2. The van der Waals surface area contributed by atoms with E-state index < -0.39 is 5.69 Å². The van der Waals surface area contributed by atoms with Crippen LogP contribution in [0.2, 0.25) is 0 Å². The Morgan fingerprint density at radius 1 is 1.50 bits per heavy atom. The fraction of sp³-hybridized carbons (Fsp3) is 0.273. The predicted octanol–water partition coefficient (Wildman–Crippen LogP) is 1.35. The SMILES string of the molecule is CCCC(=O)n1c(=O)[nH]c2cc(N)ccc21. The van der Waals surface area contributed by atoms with E-state index in [0.717, 1.165) is 4.57 Å². The summed E-state index contributed by atoms with van der Waals surface area (Å²) in [6, 6.07) is 4.99. The molecule has 84 valence electrons. The molecule has 0 aliphatic heterocycles. The molecule has 0 aliphatic rings. The number of aromatic nitrogens is 2. The zero-order chi connectivity index (χ0) is 11.7. The zero-order valence-electron chi connectivity index (χ0n) is 8.99.